The first-order chi connectivity index (χ1) is 15.1. The van der Waals surface area contributed by atoms with E-state index < -0.39 is 6.10 Å². The molecule has 2 aromatic heterocycles. The molecule has 1 atom stereocenters. The van der Waals surface area contributed by atoms with E-state index in [1.807, 2.05) is 49.4 Å². The predicted molar refractivity (Wildman–Crippen MR) is 128 cm³/mol. The van der Waals surface area contributed by atoms with E-state index >= 15 is 0 Å². The maximum absolute atomic E-state index is 10.3. The smallest absolute Gasteiger partial charge is 0.191 e. The molecule has 2 heterocycles. The van der Waals surface area contributed by atoms with Crippen LogP contribution in [-0.2, 0) is 12.3 Å². The van der Waals surface area contributed by atoms with Gasteiger partial charge in [-0.1, -0.05) is 53.4 Å². The van der Waals surface area contributed by atoms with Crippen LogP contribution in [-0.4, -0.2) is 43.3 Å². The van der Waals surface area contributed by atoms with Crippen molar-refractivity contribution < 1.29 is 9.84 Å². The third kappa shape index (κ3) is 5.79. The molecule has 9 heteroatoms. The number of rotatable bonds is 10. The Labute approximate surface area is 194 Å². The van der Waals surface area contributed by atoms with Crippen molar-refractivity contribution in [1.29, 1.82) is 0 Å². The lowest BCUT2D eigenvalue weighted by atomic mass is 10.2. The van der Waals surface area contributed by atoms with Gasteiger partial charge in [-0.25, -0.2) is 4.98 Å². The first-order valence-corrected chi connectivity index (χ1v) is 12.8. The number of para-hydroxylation sites is 1. The van der Waals surface area contributed by atoms with Crippen molar-refractivity contribution in [3.8, 4) is 5.75 Å². The van der Waals surface area contributed by atoms with Gasteiger partial charge in [0.2, 0.25) is 0 Å². The highest BCUT2D eigenvalue weighted by Crippen LogP contribution is 2.31. The Morgan fingerprint density at radius 3 is 2.68 bits per heavy atom. The zero-order valence-electron chi connectivity index (χ0n) is 17.4. The maximum atomic E-state index is 10.3. The third-order valence-electron chi connectivity index (χ3n) is 4.58. The van der Waals surface area contributed by atoms with E-state index in [9.17, 15) is 5.11 Å². The normalized spacial score (nSPS) is 12.4. The summed E-state index contributed by atoms with van der Waals surface area (Å²) in [6.45, 7) is 5.14. The van der Waals surface area contributed by atoms with Gasteiger partial charge in [-0.05, 0) is 38.1 Å². The molecule has 0 spiro atoms. The van der Waals surface area contributed by atoms with Crippen LogP contribution in [0.4, 0.5) is 0 Å². The molecule has 0 aliphatic carbocycles. The lowest BCUT2D eigenvalue weighted by molar-refractivity contribution is 0.126. The molecule has 162 valence electrons. The minimum absolute atomic E-state index is 0.247. The van der Waals surface area contributed by atoms with Gasteiger partial charge in [-0.15, -0.1) is 21.5 Å². The number of thiazole rings is 1. The van der Waals surface area contributed by atoms with Crippen LogP contribution < -0.4 is 4.74 Å². The molecule has 0 amide bonds. The average Bonchev–Trinajstić information content (AvgIpc) is 3.38. The van der Waals surface area contributed by atoms with Gasteiger partial charge in [-0.3, -0.25) is 0 Å². The zero-order chi connectivity index (χ0) is 21.6. The van der Waals surface area contributed by atoms with Crippen LogP contribution in [0.1, 0.15) is 18.3 Å². The second kappa shape index (κ2) is 10.5. The molecule has 0 fully saturated rings. The van der Waals surface area contributed by atoms with Crippen molar-refractivity contribution >= 4 is 45.1 Å². The predicted octanol–water partition coefficient (Wildman–Crippen LogP) is 5.04. The van der Waals surface area contributed by atoms with Gasteiger partial charge in [-0.2, -0.15) is 0 Å². The molecule has 0 saturated carbocycles. The Bertz CT molecular complexity index is 1090. The van der Waals surface area contributed by atoms with Crippen molar-refractivity contribution in [1.82, 2.24) is 19.7 Å². The van der Waals surface area contributed by atoms with Gasteiger partial charge < -0.3 is 14.4 Å². The number of hydrogen-bond acceptors (Lipinski definition) is 8. The minimum Gasteiger partial charge on any atom is -0.491 e. The number of aliphatic hydroxyl groups excluding tert-OH is 1. The van der Waals surface area contributed by atoms with Gasteiger partial charge in [0.15, 0.2) is 9.50 Å². The van der Waals surface area contributed by atoms with Crippen molar-refractivity contribution in [3.05, 3.63) is 59.9 Å². The lowest BCUT2D eigenvalue weighted by Gasteiger charge is -2.12. The monoisotopic (exact) mass is 472 g/mol. The van der Waals surface area contributed by atoms with E-state index in [-0.39, 0.29) is 6.61 Å². The Kier molecular flexibility index (Phi) is 7.49. The van der Waals surface area contributed by atoms with Gasteiger partial charge in [0.25, 0.3) is 0 Å². The highest BCUT2D eigenvalue weighted by atomic mass is 32.2. The van der Waals surface area contributed by atoms with Gasteiger partial charge in [0.05, 0.1) is 22.1 Å². The number of hydrogen-bond donors (Lipinski definition) is 1. The summed E-state index contributed by atoms with van der Waals surface area (Å²) in [5.41, 5.74) is 2.21. The highest BCUT2D eigenvalue weighted by Gasteiger charge is 2.15. The number of aliphatic hydroxyl groups is 1. The van der Waals surface area contributed by atoms with E-state index in [4.69, 9.17) is 4.74 Å². The van der Waals surface area contributed by atoms with Gasteiger partial charge >= 0.3 is 0 Å². The summed E-state index contributed by atoms with van der Waals surface area (Å²) in [6.07, 6.45) is -0.589. The fourth-order valence-corrected chi connectivity index (χ4v) is 5.87. The summed E-state index contributed by atoms with van der Waals surface area (Å²) in [7, 11) is 0. The van der Waals surface area contributed by atoms with Crippen molar-refractivity contribution in [2.75, 3.05) is 12.4 Å². The molecule has 2 aromatic carbocycles. The van der Waals surface area contributed by atoms with E-state index in [0.717, 1.165) is 33.1 Å². The maximum Gasteiger partial charge on any atom is 0.191 e. The number of benzene rings is 2. The number of ether oxygens (including phenoxy) is 1. The summed E-state index contributed by atoms with van der Waals surface area (Å²) >= 11 is 4.88. The molecular weight excluding hydrogens is 448 g/mol. The molecule has 0 radical (unpaired) electrons. The van der Waals surface area contributed by atoms with Crippen LogP contribution in [0.15, 0.2) is 58.0 Å². The van der Waals surface area contributed by atoms with Crippen LogP contribution in [0.25, 0.3) is 10.2 Å². The second-order valence-electron chi connectivity index (χ2n) is 6.97. The number of aryl methyl sites for hydroxylation is 1. The molecule has 0 aliphatic heterocycles. The van der Waals surface area contributed by atoms with Gasteiger partial charge in [0.1, 0.15) is 18.2 Å². The molecule has 6 nitrogen and oxygen atoms in total. The molecule has 1 N–H and O–H groups in total. The number of fused-ring (bicyclic) bond motifs is 1. The Morgan fingerprint density at radius 2 is 1.90 bits per heavy atom. The molecule has 4 rings (SSSR count). The summed E-state index contributed by atoms with van der Waals surface area (Å²) in [5, 5.41) is 19.8. The number of nitrogens with zero attached hydrogens (tertiary/aromatic N) is 4. The summed E-state index contributed by atoms with van der Waals surface area (Å²) in [5.74, 6) is 2.88. The van der Waals surface area contributed by atoms with Crippen LogP contribution >= 0.6 is 34.9 Å². The fourth-order valence-electron chi connectivity index (χ4n) is 2.94. The Morgan fingerprint density at radius 1 is 1.10 bits per heavy atom. The number of thioether (sulfide) groups is 2. The van der Waals surface area contributed by atoms with Crippen molar-refractivity contribution in [2.24, 2.45) is 0 Å². The number of aromatic nitrogens is 4. The van der Waals surface area contributed by atoms with Crippen molar-refractivity contribution in [3.63, 3.8) is 0 Å². The SMILES string of the molecule is CCn1c(CSc2nc3ccccc3s2)nnc1SC[C@@H](O)COc1ccc(C)cc1. The van der Waals surface area contributed by atoms with Crippen LogP contribution in [0, 0.1) is 6.92 Å². The zero-order valence-corrected chi connectivity index (χ0v) is 19.8. The fraction of sp³-hybridized carbons (Fsp3) is 0.318. The van der Waals surface area contributed by atoms with E-state index in [2.05, 4.69) is 32.7 Å². The summed E-state index contributed by atoms with van der Waals surface area (Å²) in [4.78, 5) is 4.67. The minimum atomic E-state index is -0.589. The van der Waals surface area contributed by atoms with E-state index in [0.29, 0.717) is 11.5 Å². The lowest BCUT2D eigenvalue weighted by Crippen LogP contribution is -2.20. The third-order valence-corrected chi connectivity index (χ3v) is 7.86. The highest BCUT2D eigenvalue weighted by molar-refractivity contribution is 8.00. The van der Waals surface area contributed by atoms with Crippen molar-refractivity contribution in [2.45, 2.75) is 41.7 Å². The largest absolute Gasteiger partial charge is 0.491 e. The molecule has 4 aromatic rings. The van der Waals surface area contributed by atoms with Crippen LogP contribution in [0.2, 0.25) is 0 Å². The van der Waals surface area contributed by atoms with Gasteiger partial charge in [0, 0.05) is 12.3 Å². The van der Waals surface area contributed by atoms with Crippen LogP contribution in [0.3, 0.4) is 0 Å². The molecule has 31 heavy (non-hydrogen) atoms. The standard InChI is InChI=1S/C22H24N4O2S3/c1-3-26-20(14-30-22-23-18-6-4-5-7-19(18)31-22)24-25-21(26)29-13-16(27)12-28-17-10-8-15(2)9-11-17/h4-11,16,27H,3,12-14H2,1-2H3/t16-/m0/s1. The second-order valence-corrected chi connectivity index (χ2v) is 10.2. The Balaban J connectivity index is 1.30. The first kappa shape index (κ1) is 22.1. The summed E-state index contributed by atoms with van der Waals surface area (Å²) < 4.78 is 9.99. The van der Waals surface area contributed by atoms with E-state index in [1.165, 1.54) is 22.0 Å². The quantitative estimate of drug-likeness (QED) is 0.324. The molecular formula is C22H24N4O2S3. The topological polar surface area (TPSA) is 73.1 Å². The van der Waals surface area contributed by atoms with Crippen LogP contribution in [0.5, 0.6) is 5.75 Å². The average molecular weight is 473 g/mol. The first-order valence-electron chi connectivity index (χ1n) is 10.0. The molecule has 0 saturated heterocycles. The van der Waals surface area contributed by atoms with E-state index in [1.54, 1.807) is 23.1 Å². The summed E-state index contributed by atoms with van der Waals surface area (Å²) in [6, 6.07) is 16.0. The molecule has 0 bridgehead atoms. The Hall–Kier alpha value is -2.07. The molecule has 0 aliphatic rings. The molecule has 0 unspecified atom stereocenters.